The molecule has 3 aromatic rings. The van der Waals surface area contributed by atoms with Crippen LogP contribution in [0.5, 0.6) is 5.88 Å². The summed E-state index contributed by atoms with van der Waals surface area (Å²) in [5.74, 6) is -0.549. The number of anilines is 2. The van der Waals surface area contributed by atoms with Gasteiger partial charge in [0.25, 0.3) is 0 Å². The maximum atomic E-state index is 14.8. The second-order valence-corrected chi connectivity index (χ2v) is 5.43. The average molecular weight is 341 g/mol. The van der Waals surface area contributed by atoms with E-state index in [0.717, 1.165) is 11.3 Å². The Balaban J connectivity index is 2.25. The molecule has 5 N–H and O–H groups in total. The number of pyridine rings is 2. The van der Waals surface area contributed by atoms with Crippen molar-refractivity contribution >= 4 is 28.2 Å². The van der Waals surface area contributed by atoms with Crippen molar-refractivity contribution in [2.75, 3.05) is 18.1 Å². The number of rotatable bonds is 3. The van der Waals surface area contributed by atoms with Crippen LogP contribution in [-0.2, 0) is 0 Å². The molecule has 2 aromatic heterocycles. The van der Waals surface area contributed by atoms with Crippen LogP contribution in [0.2, 0.25) is 0 Å². The van der Waals surface area contributed by atoms with E-state index in [4.69, 9.17) is 16.2 Å². The smallest absolute Gasteiger partial charge is 0.396 e. The highest BCUT2D eigenvalue weighted by Gasteiger charge is 2.17. The highest BCUT2D eigenvalue weighted by molar-refractivity contribution is 5.98. The Morgan fingerprint density at radius 1 is 1.24 bits per heavy atom. The largest absolute Gasteiger partial charge is 0.411 e. The fourth-order valence-electron chi connectivity index (χ4n) is 2.68. The van der Waals surface area contributed by atoms with Crippen molar-refractivity contribution in [2.24, 2.45) is 5.73 Å². The predicted molar refractivity (Wildman–Crippen MR) is 93.8 cm³/mol. The third kappa shape index (κ3) is 2.89. The molecule has 0 saturated carbocycles. The highest BCUT2D eigenvalue weighted by Crippen LogP contribution is 2.36. The van der Waals surface area contributed by atoms with Gasteiger partial charge in [0.15, 0.2) is 5.82 Å². The molecule has 128 valence electrons. The normalized spacial score (nSPS) is 10.7. The summed E-state index contributed by atoms with van der Waals surface area (Å²) < 4.78 is 19.6. The van der Waals surface area contributed by atoms with Crippen molar-refractivity contribution in [3.63, 3.8) is 0 Å². The van der Waals surface area contributed by atoms with Gasteiger partial charge in [-0.3, -0.25) is 4.98 Å². The van der Waals surface area contributed by atoms with E-state index < -0.39 is 11.9 Å². The minimum atomic E-state index is -0.982. The summed E-state index contributed by atoms with van der Waals surface area (Å²) in [7, 11) is 1.76. The van der Waals surface area contributed by atoms with Gasteiger partial charge in [0.1, 0.15) is 0 Å². The number of carbonyl (C=O) groups is 1. The van der Waals surface area contributed by atoms with Gasteiger partial charge in [0, 0.05) is 42.0 Å². The van der Waals surface area contributed by atoms with Gasteiger partial charge in [-0.05, 0) is 23.9 Å². The number of primary amides is 1. The molecule has 1 aromatic carbocycles. The van der Waals surface area contributed by atoms with Crippen LogP contribution in [0.15, 0.2) is 30.7 Å². The van der Waals surface area contributed by atoms with Crippen molar-refractivity contribution in [1.29, 1.82) is 0 Å². The molecule has 8 heteroatoms. The van der Waals surface area contributed by atoms with Crippen LogP contribution in [-0.4, -0.2) is 23.1 Å². The number of hydrogen-bond donors (Lipinski definition) is 3. The minimum Gasteiger partial charge on any atom is -0.396 e. The Bertz CT molecular complexity index is 990. The van der Waals surface area contributed by atoms with Crippen molar-refractivity contribution in [3.05, 3.63) is 42.1 Å². The number of amides is 1. The molecule has 1 amide bonds. The summed E-state index contributed by atoms with van der Waals surface area (Å²) in [5, 5.41) is 3.98. The fraction of sp³-hybridized carbons (Fsp3) is 0.118. The number of carbonyl (C=O) groups excluding carboxylic acids is 1. The second kappa shape index (κ2) is 6.23. The van der Waals surface area contributed by atoms with E-state index in [-0.39, 0.29) is 11.6 Å². The van der Waals surface area contributed by atoms with Crippen molar-refractivity contribution < 1.29 is 13.9 Å². The molecular weight excluding hydrogens is 325 g/mol. The lowest BCUT2D eigenvalue weighted by molar-refractivity contribution is 0.209. The first-order valence-corrected chi connectivity index (χ1v) is 7.40. The number of aromatic nitrogens is 2. The molecule has 0 saturated heterocycles. The molecule has 25 heavy (non-hydrogen) atoms. The standard InChI is InChI=1S/C17H16FN5O2/c1-8-11(5-22-7-13(8)21-2)10-3-9-4-14(25-17(20)24)23-6-12(9)16(19)15(10)18/h3-7,21H,19H2,1-2H3,(H2,20,24). The molecule has 0 aliphatic carbocycles. The monoisotopic (exact) mass is 341 g/mol. The number of fused-ring (bicyclic) bond motifs is 1. The zero-order valence-electron chi connectivity index (χ0n) is 13.6. The molecule has 3 rings (SSSR count). The SMILES string of the molecule is CNc1cncc(-c2cc3cc(OC(N)=O)ncc3c(N)c2F)c1C. The summed E-state index contributed by atoms with van der Waals surface area (Å²) in [5.41, 5.74) is 13.4. The number of hydrogen-bond acceptors (Lipinski definition) is 6. The third-order valence-electron chi connectivity index (χ3n) is 3.95. The Morgan fingerprint density at radius 2 is 2.00 bits per heavy atom. The average Bonchev–Trinajstić information content (AvgIpc) is 2.58. The maximum Gasteiger partial charge on any atom is 0.411 e. The van der Waals surface area contributed by atoms with Crippen LogP contribution in [0.3, 0.4) is 0 Å². The van der Waals surface area contributed by atoms with E-state index in [2.05, 4.69) is 15.3 Å². The first-order valence-electron chi connectivity index (χ1n) is 7.40. The van der Waals surface area contributed by atoms with E-state index in [1.54, 1.807) is 25.5 Å². The molecule has 0 aliphatic rings. The zero-order valence-corrected chi connectivity index (χ0v) is 13.6. The molecule has 7 nitrogen and oxygen atoms in total. The van der Waals surface area contributed by atoms with E-state index in [1.807, 2.05) is 6.92 Å². The molecule has 0 bridgehead atoms. The second-order valence-electron chi connectivity index (χ2n) is 5.43. The Kier molecular flexibility index (Phi) is 4.10. The number of benzene rings is 1. The number of nitrogens with two attached hydrogens (primary N) is 2. The molecular formula is C17H16FN5O2. The van der Waals surface area contributed by atoms with Gasteiger partial charge >= 0.3 is 6.09 Å². The van der Waals surface area contributed by atoms with E-state index in [1.165, 1.54) is 12.3 Å². The van der Waals surface area contributed by atoms with Crippen LogP contribution in [0.4, 0.5) is 20.6 Å². The van der Waals surface area contributed by atoms with E-state index >= 15 is 0 Å². The lowest BCUT2D eigenvalue weighted by atomic mass is 9.97. The van der Waals surface area contributed by atoms with Crippen LogP contribution in [0, 0.1) is 12.7 Å². The number of nitrogens with one attached hydrogen (secondary N) is 1. The van der Waals surface area contributed by atoms with Gasteiger partial charge in [0.05, 0.1) is 17.6 Å². The molecule has 0 unspecified atom stereocenters. The molecule has 2 heterocycles. The van der Waals surface area contributed by atoms with Crippen LogP contribution >= 0.6 is 0 Å². The Labute approximate surface area is 142 Å². The first kappa shape index (κ1) is 16.4. The van der Waals surface area contributed by atoms with Crippen LogP contribution < -0.4 is 21.5 Å². The van der Waals surface area contributed by atoms with Crippen molar-refractivity contribution in [2.45, 2.75) is 6.92 Å². The van der Waals surface area contributed by atoms with Gasteiger partial charge in [0.2, 0.25) is 5.88 Å². The number of ether oxygens (including phenoxy) is 1. The topological polar surface area (TPSA) is 116 Å². The van der Waals surface area contributed by atoms with E-state index in [9.17, 15) is 9.18 Å². The van der Waals surface area contributed by atoms with E-state index in [0.29, 0.717) is 21.9 Å². The minimum absolute atomic E-state index is 0.00998. The van der Waals surface area contributed by atoms with Crippen molar-refractivity contribution in [1.82, 2.24) is 9.97 Å². The van der Waals surface area contributed by atoms with Gasteiger partial charge < -0.3 is 21.5 Å². The van der Waals surface area contributed by atoms with Crippen LogP contribution in [0.25, 0.3) is 21.9 Å². The predicted octanol–water partition coefficient (Wildman–Crippen LogP) is 2.83. The molecule has 0 atom stereocenters. The van der Waals surface area contributed by atoms with Crippen LogP contribution in [0.1, 0.15) is 5.56 Å². The fourth-order valence-corrected chi connectivity index (χ4v) is 2.68. The van der Waals surface area contributed by atoms with Gasteiger partial charge in [-0.2, -0.15) is 0 Å². The first-order chi connectivity index (χ1) is 11.9. The van der Waals surface area contributed by atoms with Gasteiger partial charge in [-0.25, -0.2) is 14.2 Å². The summed E-state index contributed by atoms with van der Waals surface area (Å²) in [6.07, 6.45) is 3.58. The summed E-state index contributed by atoms with van der Waals surface area (Å²) in [6, 6.07) is 3.09. The maximum absolute atomic E-state index is 14.8. The number of nitrogens with zero attached hydrogens (tertiary/aromatic N) is 2. The van der Waals surface area contributed by atoms with Gasteiger partial charge in [-0.15, -0.1) is 0 Å². The quantitative estimate of drug-likeness (QED) is 0.631. The molecule has 0 radical (unpaired) electrons. The molecule has 0 spiro atoms. The van der Waals surface area contributed by atoms with Crippen molar-refractivity contribution in [3.8, 4) is 17.0 Å². The lowest BCUT2D eigenvalue weighted by Crippen LogP contribution is -2.16. The summed E-state index contributed by atoms with van der Waals surface area (Å²) in [6.45, 7) is 1.86. The number of nitrogen functional groups attached to an aromatic ring is 1. The Morgan fingerprint density at radius 3 is 2.68 bits per heavy atom. The lowest BCUT2D eigenvalue weighted by Gasteiger charge is -2.14. The Hall–Kier alpha value is -3.42. The summed E-state index contributed by atoms with van der Waals surface area (Å²) in [4.78, 5) is 18.9. The zero-order chi connectivity index (χ0) is 18.1. The highest BCUT2D eigenvalue weighted by atomic mass is 19.1. The molecule has 0 aliphatic heterocycles. The van der Waals surface area contributed by atoms with Gasteiger partial charge in [-0.1, -0.05) is 0 Å². The number of halogens is 1. The third-order valence-corrected chi connectivity index (χ3v) is 3.95. The summed E-state index contributed by atoms with van der Waals surface area (Å²) >= 11 is 0. The molecule has 0 fully saturated rings.